The van der Waals surface area contributed by atoms with E-state index in [2.05, 4.69) is 26.6 Å². The molecule has 29 heavy (non-hydrogen) atoms. The largest absolute Gasteiger partial charge is 0.497 e. The molecule has 1 amide bonds. The molecule has 0 saturated carbocycles. The summed E-state index contributed by atoms with van der Waals surface area (Å²) in [4.78, 5) is 19.2. The molecule has 0 bridgehead atoms. The monoisotopic (exact) mass is 420 g/mol. The number of piperazine rings is 1. The van der Waals surface area contributed by atoms with Gasteiger partial charge in [-0.15, -0.1) is 12.4 Å². The maximum Gasteiger partial charge on any atom is 0.234 e. The van der Waals surface area contributed by atoms with E-state index in [1.807, 2.05) is 37.4 Å². The van der Waals surface area contributed by atoms with E-state index >= 15 is 0 Å². The maximum atomic E-state index is 12.8. The molecule has 0 aliphatic carbocycles. The first-order valence-electron chi connectivity index (χ1n) is 9.48. The molecule has 158 valence electrons. The van der Waals surface area contributed by atoms with E-state index in [0.717, 1.165) is 42.3 Å². The Balaban J connectivity index is 0.00000300. The number of nitrogens with zero attached hydrogens (tertiary/aromatic N) is 2. The minimum Gasteiger partial charge on any atom is -0.497 e. The molecular weight excluding hydrogens is 392 g/mol. The zero-order valence-corrected chi connectivity index (χ0v) is 17.9. The number of carbonyl (C=O) groups is 1. The molecule has 1 fully saturated rings. The lowest BCUT2D eigenvalue weighted by Crippen LogP contribution is -2.49. The summed E-state index contributed by atoms with van der Waals surface area (Å²) in [5, 5.41) is 6.49. The summed E-state index contributed by atoms with van der Waals surface area (Å²) in [5.41, 5.74) is 2.00. The summed E-state index contributed by atoms with van der Waals surface area (Å²) in [6, 6.07) is 9.51. The number of hydrogen-bond acceptors (Lipinski definition) is 6. The topological polar surface area (TPSA) is 75.7 Å². The van der Waals surface area contributed by atoms with Crippen LogP contribution in [0.25, 0.3) is 0 Å². The SMILES string of the molecule is COc1ccc(OC)c(C(C)NC(=O)CN2CCNCC2c2cccnc2)c1.Cl. The number of aromatic nitrogens is 1. The third-order valence-corrected chi connectivity index (χ3v) is 5.05. The zero-order valence-electron chi connectivity index (χ0n) is 17.1. The lowest BCUT2D eigenvalue weighted by Gasteiger charge is -2.36. The first kappa shape index (κ1) is 22.9. The number of hydrogen-bond donors (Lipinski definition) is 2. The van der Waals surface area contributed by atoms with Crippen LogP contribution in [0.3, 0.4) is 0 Å². The van der Waals surface area contributed by atoms with Crippen molar-refractivity contribution in [3.05, 3.63) is 53.9 Å². The van der Waals surface area contributed by atoms with Gasteiger partial charge < -0.3 is 20.1 Å². The van der Waals surface area contributed by atoms with Gasteiger partial charge in [0.05, 0.1) is 26.8 Å². The average Bonchev–Trinajstić information content (AvgIpc) is 2.74. The Morgan fingerprint density at radius 3 is 2.86 bits per heavy atom. The van der Waals surface area contributed by atoms with E-state index < -0.39 is 0 Å². The summed E-state index contributed by atoms with van der Waals surface area (Å²) in [7, 11) is 3.25. The van der Waals surface area contributed by atoms with Gasteiger partial charge in [0.1, 0.15) is 11.5 Å². The third kappa shape index (κ3) is 5.82. The van der Waals surface area contributed by atoms with Crippen LogP contribution in [0.4, 0.5) is 0 Å². The quantitative estimate of drug-likeness (QED) is 0.716. The number of ether oxygens (including phenoxy) is 2. The van der Waals surface area contributed by atoms with Crippen LogP contribution in [-0.2, 0) is 4.79 Å². The molecule has 0 radical (unpaired) electrons. The maximum absolute atomic E-state index is 12.8. The van der Waals surface area contributed by atoms with Crippen LogP contribution >= 0.6 is 12.4 Å². The molecule has 2 aromatic rings. The molecule has 1 saturated heterocycles. The Morgan fingerprint density at radius 2 is 2.17 bits per heavy atom. The van der Waals surface area contributed by atoms with Crippen LogP contribution in [0.5, 0.6) is 11.5 Å². The molecule has 1 aromatic heterocycles. The van der Waals surface area contributed by atoms with Crippen molar-refractivity contribution < 1.29 is 14.3 Å². The van der Waals surface area contributed by atoms with Crippen molar-refractivity contribution in [1.29, 1.82) is 0 Å². The fourth-order valence-electron chi connectivity index (χ4n) is 3.56. The highest BCUT2D eigenvalue weighted by Crippen LogP contribution is 2.29. The van der Waals surface area contributed by atoms with Gasteiger partial charge in [0, 0.05) is 43.6 Å². The van der Waals surface area contributed by atoms with Crippen LogP contribution in [0.1, 0.15) is 30.1 Å². The van der Waals surface area contributed by atoms with Crippen LogP contribution in [-0.4, -0.2) is 56.2 Å². The van der Waals surface area contributed by atoms with Gasteiger partial charge >= 0.3 is 0 Å². The van der Waals surface area contributed by atoms with Gasteiger partial charge in [0.2, 0.25) is 5.91 Å². The van der Waals surface area contributed by atoms with Crippen LogP contribution in [0.15, 0.2) is 42.7 Å². The highest BCUT2D eigenvalue weighted by molar-refractivity contribution is 5.85. The molecule has 0 spiro atoms. The van der Waals surface area contributed by atoms with Crippen molar-refractivity contribution in [2.24, 2.45) is 0 Å². The van der Waals surface area contributed by atoms with E-state index in [0.29, 0.717) is 6.54 Å². The lowest BCUT2D eigenvalue weighted by molar-refractivity contribution is -0.123. The number of halogens is 1. The predicted molar refractivity (Wildman–Crippen MR) is 115 cm³/mol. The highest BCUT2D eigenvalue weighted by Gasteiger charge is 2.26. The van der Waals surface area contributed by atoms with E-state index in [9.17, 15) is 4.79 Å². The summed E-state index contributed by atoms with van der Waals surface area (Å²) in [5.74, 6) is 1.44. The number of nitrogens with one attached hydrogen (secondary N) is 2. The van der Waals surface area contributed by atoms with Crippen LogP contribution in [0.2, 0.25) is 0 Å². The molecule has 7 nitrogen and oxygen atoms in total. The second-order valence-electron chi connectivity index (χ2n) is 6.87. The first-order valence-corrected chi connectivity index (χ1v) is 9.48. The fourth-order valence-corrected chi connectivity index (χ4v) is 3.56. The van der Waals surface area contributed by atoms with Crippen LogP contribution in [0, 0.1) is 0 Å². The number of benzene rings is 1. The minimum absolute atomic E-state index is 0. The number of carbonyl (C=O) groups excluding carboxylic acids is 1. The van der Waals surface area contributed by atoms with E-state index in [4.69, 9.17) is 9.47 Å². The summed E-state index contributed by atoms with van der Waals surface area (Å²) >= 11 is 0. The fraction of sp³-hybridized carbons (Fsp3) is 0.429. The average molecular weight is 421 g/mol. The van der Waals surface area contributed by atoms with Gasteiger partial charge in [-0.3, -0.25) is 14.7 Å². The van der Waals surface area contributed by atoms with Gasteiger partial charge in [-0.05, 0) is 36.8 Å². The Hall–Kier alpha value is -2.35. The van der Waals surface area contributed by atoms with Crippen molar-refractivity contribution in [3.63, 3.8) is 0 Å². The summed E-state index contributed by atoms with van der Waals surface area (Å²) in [6.07, 6.45) is 3.63. The molecule has 2 unspecified atom stereocenters. The molecule has 1 aliphatic heterocycles. The number of amides is 1. The molecule has 2 heterocycles. The van der Waals surface area contributed by atoms with E-state index in [1.54, 1.807) is 20.4 Å². The molecule has 1 aromatic carbocycles. The van der Waals surface area contributed by atoms with Crippen LogP contribution < -0.4 is 20.1 Å². The van der Waals surface area contributed by atoms with Gasteiger partial charge in [0.25, 0.3) is 0 Å². The molecular formula is C21H29ClN4O3. The first-order chi connectivity index (χ1) is 13.6. The van der Waals surface area contributed by atoms with E-state index in [1.165, 1.54) is 0 Å². The van der Waals surface area contributed by atoms with Crippen molar-refractivity contribution in [1.82, 2.24) is 20.5 Å². The number of pyridine rings is 1. The lowest BCUT2D eigenvalue weighted by atomic mass is 10.0. The number of methoxy groups -OCH3 is 2. The predicted octanol–water partition coefficient (Wildman–Crippen LogP) is 2.34. The van der Waals surface area contributed by atoms with Gasteiger partial charge in [-0.2, -0.15) is 0 Å². The Morgan fingerprint density at radius 1 is 1.34 bits per heavy atom. The van der Waals surface area contributed by atoms with Gasteiger partial charge in [-0.25, -0.2) is 0 Å². The summed E-state index contributed by atoms with van der Waals surface area (Å²) < 4.78 is 10.7. The normalized spacial score (nSPS) is 17.7. The zero-order chi connectivity index (χ0) is 19.9. The van der Waals surface area contributed by atoms with E-state index in [-0.39, 0.29) is 30.4 Å². The third-order valence-electron chi connectivity index (χ3n) is 5.05. The Kier molecular flexibility index (Phi) is 8.70. The van der Waals surface area contributed by atoms with Crippen molar-refractivity contribution in [2.75, 3.05) is 40.4 Å². The number of rotatable bonds is 7. The minimum atomic E-state index is -0.197. The summed E-state index contributed by atoms with van der Waals surface area (Å²) in [6.45, 7) is 4.76. The second kappa shape index (κ2) is 11.0. The van der Waals surface area contributed by atoms with Gasteiger partial charge in [-0.1, -0.05) is 6.07 Å². The molecule has 1 aliphatic rings. The molecule has 8 heteroatoms. The molecule has 2 atom stereocenters. The highest BCUT2D eigenvalue weighted by atomic mass is 35.5. The second-order valence-corrected chi connectivity index (χ2v) is 6.87. The van der Waals surface area contributed by atoms with Crippen molar-refractivity contribution in [3.8, 4) is 11.5 Å². The Bertz CT molecular complexity index is 791. The molecule has 2 N–H and O–H groups in total. The smallest absolute Gasteiger partial charge is 0.234 e. The van der Waals surface area contributed by atoms with Gasteiger partial charge in [0.15, 0.2) is 0 Å². The van der Waals surface area contributed by atoms with Crippen molar-refractivity contribution in [2.45, 2.75) is 19.0 Å². The Labute approximate surface area is 178 Å². The molecule has 3 rings (SSSR count). The van der Waals surface area contributed by atoms with Crippen molar-refractivity contribution >= 4 is 18.3 Å². The standard InChI is InChI=1S/C21H28N4O3.ClH/c1-15(18-11-17(27-2)6-7-20(18)28-3)24-21(26)14-25-10-9-23-13-19(25)16-5-4-8-22-12-16;/h4-8,11-12,15,19,23H,9-10,13-14H2,1-3H3,(H,24,26);1H.